The number of rotatable bonds is 4. The van der Waals surface area contributed by atoms with Gasteiger partial charge in [0.2, 0.25) is 5.88 Å². The number of aromatic nitrogens is 2. The number of nitrogens with zero attached hydrogens (tertiary/aromatic N) is 2. The number of benzene rings is 2. The van der Waals surface area contributed by atoms with Gasteiger partial charge in [-0.3, -0.25) is 4.79 Å². The van der Waals surface area contributed by atoms with Crippen LogP contribution in [0.2, 0.25) is 5.02 Å². The molecular weight excluding hydrogens is 326 g/mol. The number of methoxy groups -OCH3 is 1. The number of anilines is 1. The first-order valence-electron chi connectivity index (χ1n) is 7.21. The molecule has 1 heterocycles. The van der Waals surface area contributed by atoms with Crippen molar-refractivity contribution < 1.29 is 9.53 Å². The summed E-state index contributed by atoms with van der Waals surface area (Å²) in [6.07, 6.45) is 0. The van der Waals surface area contributed by atoms with E-state index in [1.165, 1.54) is 7.11 Å². The van der Waals surface area contributed by atoms with Gasteiger partial charge in [0.25, 0.3) is 5.91 Å². The fourth-order valence-electron chi connectivity index (χ4n) is 2.11. The highest BCUT2D eigenvalue weighted by Crippen LogP contribution is 2.19. The lowest BCUT2D eigenvalue weighted by atomic mass is 10.1. The first-order valence-corrected chi connectivity index (χ1v) is 7.58. The predicted octanol–water partition coefficient (Wildman–Crippen LogP) is 4.06. The summed E-state index contributed by atoms with van der Waals surface area (Å²) in [4.78, 5) is 12.2. The average Bonchev–Trinajstić information content (AvgIpc) is 2.64. The lowest BCUT2D eigenvalue weighted by Crippen LogP contribution is -2.11. The maximum Gasteiger partial charge on any atom is 0.255 e. The molecule has 0 spiro atoms. The summed E-state index contributed by atoms with van der Waals surface area (Å²) in [5, 5.41) is 11.5. The van der Waals surface area contributed by atoms with Gasteiger partial charge in [-0.2, -0.15) is 0 Å². The second-order valence-corrected chi connectivity index (χ2v) is 5.44. The van der Waals surface area contributed by atoms with Crippen LogP contribution < -0.4 is 10.1 Å². The van der Waals surface area contributed by atoms with Crippen LogP contribution in [0.15, 0.2) is 60.7 Å². The van der Waals surface area contributed by atoms with Crippen molar-refractivity contribution in [2.75, 3.05) is 12.4 Å². The Morgan fingerprint density at radius 3 is 2.25 bits per heavy atom. The van der Waals surface area contributed by atoms with Crippen molar-refractivity contribution in [2.45, 2.75) is 0 Å². The Labute approximate surface area is 144 Å². The fraction of sp³-hybridized carbons (Fsp3) is 0.0556. The quantitative estimate of drug-likeness (QED) is 0.778. The maximum absolute atomic E-state index is 12.2. The Morgan fingerprint density at radius 1 is 0.958 bits per heavy atom. The molecule has 0 fully saturated rings. The molecule has 0 saturated carbocycles. The van der Waals surface area contributed by atoms with Crippen LogP contribution >= 0.6 is 11.6 Å². The summed E-state index contributed by atoms with van der Waals surface area (Å²) < 4.78 is 4.98. The van der Waals surface area contributed by atoms with Crippen LogP contribution in [0.25, 0.3) is 11.3 Å². The second-order valence-electron chi connectivity index (χ2n) is 5.00. The molecule has 0 aliphatic carbocycles. The molecule has 3 rings (SSSR count). The second kappa shape index (κ2) is 7.10. The van der Waals surface area contributed by atoms with Gasteiger partial charge < -0.3 is 10.1 Å². The first-order chi connectivity index (χ1) is 11.7. The third kappa shape index (κ3) is 3.70. The molecule has 120 valence electrons. The summed E-state index contributed by atoms with van der Waals surface area (Å²) in [6.45, 7) is 0. The third-order valence-electron chi connectivity index (χ3n) is 3.39. The van der Waals surface area contributed by atoms with E-state index in [2.05, 4.69) is 15.5 Å². The molecule has 3 aromatic rings. The molecule has 2 aromatic carbocycles. The molecule has 0 atom stereocenters. The molecule has 0 aliphatic rings. The monoisotopic (exact) mass is 339 g/mol. The number of hydrogen-bond acceptors (Lipinski definition) is 4. The van der Waals surface area contributed by atoms with E-state index in [0.29, 0.717) is 27.8 Å². The van der Waals surface area contributed by atoms with Gasteiger partial charge >= 0.3 is 0 Å². The third-order valence-corrected chi connectivity index (χ3v) is 3.65. The van der Waals surface area contributed by atoms with E-state index >= 15 is 0 Å². The van der Waals surface area contributed by atoms with Gasteiger partial charge in [0.15, 0.2) is 0 Å². The van der Waals surface area contributed by atoms with Crippen molar-refractivity contribution in [1.29, 1.82) is 0 Å². The molecule has 5 nitrogen and oxygen atoms in total. The van der Waals surface area contributed by atoms with Gasteiger partial charge in [0.1, 0.15) is 0 Å². The van der Waals surface area contributed by atoms with E-state index in [-0.39, 0.29) is 5.91 Å². The van der Waals surface area contributed by atoms with Crippen LogP contribution in [0.1, 0.15) is 10.4 Å². The molecule has 24 heavy (non-hydrogen) atoms. The summed E-state index contributed by atoms with van der Waals surface area (Å²) in [7, 11) is 1.54. The Bertz CT molecular complexity index is 832. The van der Waals surface area contributed by atoms with Gasteiger partial charge in [-0.25, -0.2) is 0 Å². The molecule has 1 N–H and O–H groups in total. The van der Waals surface area contributed by atoms with Gasteiger partial charge in [0.05, 0.1) is 12.8 Å². The summed E-state index contributed by atoms with van der Waals surface area (Å²) >= 11 is 5.83. The molecular formula is C18H14ClN3O2. The molecule has 0 unspecified atom stereocenters. The van der Waals surface area contributed by atoms with Crippen LogP contribution in [-0.4, -0.2) is 23.2 Å². The number of halogens is 1. The minimum Gasteiger partial charge on any atom is -0.480 e. The summed E-state index contributed by atoms with van der Waals surface area (Å²) in [5.74, 6) is 0.266. The number of carbonyl (C=O) groups excluding carboxylic acids is 1. The minimum atomic E-state index is -0.190. The molecule has 1 aromatic heterocycles. The van der Waals surface area contributed by atoms with Crippen LogP contribution in [-0.2, 0) is 0 Å². The van der Waals surface area contributed by atoms with Crippen LogP contribution in [0.5, 0.6) is 5.88 Å². The van der Waals surface area contributed by atoms with Crippen molar-refractivity contribution in [3.8, 4) is 17.1 Å². The van der Waals surface area contributed by atoms with Crippen molar-refractivity contribution in [1.82, 2.24) is 10.2 Å². The first kappa shape index (κ1) is 16.0. The Balaban J connectivity index is 1.73. The summed E-state index contributed by atoms with van der Waals surface area (Å²) in [6, 6.07) is 17.6. The lowest BCUT2D eigenvalue weighted by Gasteiger charge is -2.06. The smallest absolute Gasteiger partial charge is 0.255 e. The Hall–Kier alpha value is -2.92. The highest BCUT2D eigenvalue weighted by Gasteiger charge is 2.07. The van der Waals surface area contributed by atoms with E-state index in [1.807, 2.05) is 18.2 Å². The molecule has 0 radical (unpaired) electrons. The van der Waals surface area contributed by atoms with Gasteiger partial charge in [-0.1, -0.05) is 23.7 Å². The van der Waals surface area contributed by atoms with Crippen molar-refractivity contribution >= 4 is 23.2 Å². The standard InChI is InChI=1S/C18H14ClN3O2/c1-24-17-11-10-16(21-22-17)12-2-4-13(5-3-12)18(23)20-15-8-6-14(19)7-9-15/h2-11H,1H3,(H,20,23). The van der Waals surface area contributed by atoms with Gasteiger partial charge in [0, 0.05) is 27.9 Å². The Morgan fingerprint density at radius 2 is 1.67 bits per heavy atom. The van der Waals surface area contributed by atoms with Crippen LogP contribution in [0.3, 0.4) is 0 Å². The normalized spacial score (nSPS) is 10.2. The average molecular weight is 340 g/mol. The topological polar surface area (TPSA) is 64.1 Å². The zero-order valence-corrected chi connectivity index (χ0v) is 13.6. The number of hydrogen-bond donors (Lipinski definition) is 1. The number of nitrogens with one attached hydrogen (secondary N) is 1. The Kier molecular flexibility index (Phi) is 4.72. The lowest BCUT2D eigenvalue weighted by molar-refractivity contribution is 0.102. The summed E-state index contributed by atoms with van der Waals surface area (Å²) in [5.41, 5.74) is 2.82. The van der Waals surface area contributed by atoms with E-state index in [9.17, 15) is 4.79 Å². The number of amides is 1. The predicted molar refractivity (Wildman–Crippen MR) is 93.4 cm³/mol. The van der Waals surface area contributed by atoms with E-state index in [4.69, 9.17) is 16.3 Å². The minimum absolute atomic E-state index is 0.190. The van der Waals surface area contributed by atoms with Crippen molar-refractivity contribution in [2.24, 2.45) is 0 Å². The number of ether oxygens (including phenoxy) is 1. The van der Waals surface area contributed by atoms with E-state index < -0.39 is 0 Å². The SMILES string of the molecule is COc1ccc(-c2ccc(C(=O)Nc3ccc(Cl)cc3)cc2)nn1. The molecule has 1 amide bonds. The zero-order valence-electron chi connectivity index (χ0n) is 12.9. The van der Waals surface area contributed by atoms with Gasteiger partial charge in [-0.15, -0.1) is 10.2 Å². The van der Waals surface area contributed by atoms with Crippen molar-refractivity contribution in [3.63, 3.8) is 0 Å². The molecule has 0 aliphatic heterocycles. The van der Waals surface area contributed by atoms with Crippen LogP contribution in [0.4, 0.5) is 5.69 Å². The van der Waals surface area contributed by atoms with E-state index in [1.54, 1.807) is 42.5 Å². The van der Waals surface area contributed by atoms with E-state index in [0.717, 1.165) is 5.56 Å². The number of carbonyl (C=O) groups is 1. The van der Waals surface area contributed by atoms with Crippen LogP contribution in [0, 0.1) is 0 Å². The fourth-order valence-corrected chi connectivity index (χ4v) is 2.24. The molecule has 0 saturated heterocycles. The highest BCUT2D eigenvalue weighted by atomic mass is 35.5. The van der Waals surface area contributed by atoms with Crippen molar-refractivity contribution in [3.05, 3.63) is 71.2 Å². The zero-order chi connectivity index (χ0) is 16.9. The molecule has 6 heteroatoms. The molecule has 0 bridgehead atoms. The maximum atomic E-state index is 12.2. The highest BCUT2D eigenvalue weighted by molar-refractivity contribution is 6.30. The largest absolute Gasteiger partial charge is 0.480 e. The van der Waals surface area contributed by atoms with Gasteiger partial charge in [-0.05, 0) is 42.5 Å².